The van der Waals surface area contributed by atoms with E-state index in [-0.39, 0.29) is 0 Å². The van der Waals surface area contributed by atoms with Crippen molar-refractivity contribution in [2.45, 2.75) is 154 Å². The van der Waals surface area contributed by atoms with E-state index in [1.165, 1.54) is 134 Å². The molecule has 0 aliphatic heterocycles. The van der Waals surface area contributed by atoms with Crippen molar-refractivity contribution in [1.29, 1.82) is 0 Å². The van der Waals surface area contributed by atoms with Gasteiger partial charge in [0.25, 0.3) is 8.32 Å². The lowest BCUT2D eigenvalue weighted by Gasteiger charge is -2.33. The van der Waals surface area contributed by atoms with Gasteiger partial charge in [0.15, 0.2) is 0 Å². The molecule has 0 N–H and O–H groups in total. The fourth-order valence-electron chi connectivity index (χ4n) is 5.10. The summed E-state index contributed by atoms with van der Waals surface area (Å²) in [4.78, 5) is 0. The van der Waals surface area contributed by atoms with E-state index >= 15 is 0 Å². The molecule has 0 unspecified atom stereocenters. The SMILES string of the molecule is CCCCCCCC[Si](CCCCCCCC)(CCCCCCCC)Oc1ccc(OC)cc1. The Kier molecular flexibility index (Phi) is 19.5. The number of hydrogen-bond acceptors (Lipinski definition) is 2. The average Bonchev–Trinajstić information content (AvgIpc) is 2.86. The van der Waals surface area contributed by atoms with Crippen LogP contribution < -0.4 is 9.16 Å². The third-order valence-corrected chi connectivity index (χ3v) is 11.8. The average molecular weight is 491 g/mol. The predicted molar refractivity (Wildman–Crippen MR) is 154 cm³/mol. The summed E-state index contributed by atoms with van der Waals surface area (Å²) in [6.07, 6.45) is 24.8. The summed E-state index contributed by atoms with van der Waals surface area (Å²) >= 11 is 0. The molecule has 0 aromatic heterocycles. The molecule has 0 aliphatic rings. The lowest BCUT2D eigenvalue weighted by molar-refractivity contribution is 0.413. The number of benzene rings is 1. The summed E-state index contributed by atoms with van der Waals surface area (Å²) in [6.45, 7) is 6.92. The molecule has 3 heteroatoms. The molecule has 0 radical (unpaired) electrons. The lowest BCUT2D eigenvalue weighted by atomic mass is 10.1. The third-order valence-electron chi connectivity index (χ3n) is 7.35. The van der Waals surface area contributed by atoms with Crippen LogP contribution in [0.15, 0.2) is 24.3 Å². The van der Waals surface area contributed by atoms with Crippen molar-refractivity contribution in [3.63, 3.8) is 0 Å². The zero-order valence-corrected chi connectivity index (χ0v) is 24.5. The van der Waals surface area contributed by atoms with Crippen LogP contribution in [0.3, 0.4) is 0 Å². The van der Waals surface area contributed by atoms with Crippen molar-refractivity contribution in [1.82, 2.24) is 0 Å². The maximum Gasteiger partial charge on any atom is 0.251 e. The first kappa shape index (κ1) is 31.1. The van der Waals surface area contributed by atoms with Crippen LogP contribution in [0.2, 0.25) is 18.1 Å². The minimum absolute atomic E-state index is 0.919. The highest BCUT2D eigenvalue weighted by Gasteiger charge is 2.35. The van der Waals surface area contributed by atoms with Gasteiger partial charge < -0.3 is 9.16 Å². The highest BCUT2D eigenvalue weighted by molar-refractivity contribution is 6.74. The van der Waals surface area contributed by atoms with Gasteiger partial charge in [-0.15, -0.1) is 0 Å². The number of hydrogen-bond donors (Lipinski definition) is 0. The van der Waals surface area contributed by atoms with E-state index in [2.05, 4.69) is 45.0 Å². The van der Waals surface area contributed by atoms with Gasteiger partial charge in [-0.2, -0.15) is 0 Å². The van der Waals surface area contributed by atoms with Gasteiger partial charge >= 0.3 is 0 Å². The third kappa shape index (κ3) is 15.1. The molecule has 2 nitrogen and oxygen atoms in total. The molecule has 1 aromatic rings. The first-order chi connectivity index (χ1) is 16.7. The number of ether oxygens (including phenoxy) is 1. The summed E-state index contributed by atoms with van der Waals surface area (Å²) in [5.41, 5.74) is 0. The molecule has 1 rings (SSSR count). The Bertz CT molecular complexity index is 516. The smallest absolute Gasteiger partial charge is 0.251 e. The highest BCUT2D eigenvalue weighted by atomic mass is 28.4. The number of unbranched alkanes of at least 4 members (excludes halogenated alkanes) is 15. The Morgan fingerprint density at radius 2 is 0.794 bits per heavy atom. The minimum Gasteiger partial charge on any atom is -0.543 e. The van der Waals surface area contributed by atoms with Crippen LogP contribution in [0, 0.1) is 0 Å². The largest absolute Gasteiger partial charge is 0.543 e. The first-order valence-corrected chi connectivity index (χ1v) is 17.6. The van der Waals surface area contributed by atoms with Crippen LogP contribution in [0.1, 0.15) is 136 Å². The molecule has 0 atom stereocenters. The van der Waals surface area contributed by atoms with E-state index in [0.717, 1.165) is 11.5 Å². The van der Waals surface area contributed by atoms with Gasteiger partial charge in [-0.25, -0.2) is 0 Å². The molecule has 0 amide bonds. The fourth-order valence-corrected chi connectivity index (χ4v) is 9.48. The molecule has 34 heavy (non-hydrogen) atoms. The normalized spacial score (nSPS) is 11.6. The first-order valence-electron chi connectivity index (χ1n) is 15.0. The number of rotatable bonds is 24. The molecule has 198 valence electrons. The van der Waals surface area contributed by atoms with Crippen LogP contribution in [-0.4, -0.2) is 15.4 Å². The molecule has 0 fully saturated rings. The van der Waals surface area contributed by atoms with Gasteiger partial charge in [0.1, 0.15) is 11.5 Å². The molecular formula is C31H58O2Si. The van der Waals surface area contributed by atoms with E-state index in [9.17, 15) is 0 Å². The van der Waals surface area contributed by atoms with Crippen molar-refractivity contribution in [3.8, 4) is 11.5 Å². The maximum atomic E-state index is 7.07. The van der Waals surface area contributed by atoms with E-state index in [0.29, 0.717) is 0 Å². The molecular weight excluding hydrogens is 432 g/mol. The van der Waals surface area contributed by atoms with Crippen LogP contribution in [0.4, 0.5) is 0 Å². The maximum absolute atomic E-state index is 7.07. The second-order valence-corrected chi connectivity index (χ2v) is 14.6. The van der Waals surface area contributed by atoms with Crippen molar-refractivity contribution in [3.05, 3.63) is 24.3 Å². The number of methoxy groups -OCH3 is 1. The molecule has 0 aliphatic carbocycles. The molecule has 0 saturated heterocycles. The molecule has 0 bridgehead atoms. The highest BCUT2D eigenvalue weighted by Crippen LogP contribution is 2.33. The summed E-state index contributed by atoms with van der Waals surface area (Å²) in [5.74, 6) is 2.00. The van der Waals surface area contributed by atoms with Gasteiger partial charge in [0.05, 0.1) is 7.11 Å². The predicted octanol–water partition coefficient (Wildman–Crippen LogP) is 11.1. The van der Waals surface area contributed by atoms with Crippen LogP contribution in [-0.2, 0) is 0 Å². The van der Waals surface area contributed by atoms with Crippen molar-refractivity contribution in [2.75, 3.05) is 7.11 Å². The van der Waals surface area contributed by atoms with Gasteiger partial charge in [-0.1, -0.05) is 136 Å². The topological polar surface area (TPSA) is 18.5 Å². The van der Waals surface area contributed by atoms with Gasteiger partial charge in [-0.05, 0) is 42.4 Å². The zero-order chi connectivity index (χ0) is 24.7. The minimum atomic E-state index is -1.81. The van der Waals surface area contributed by atoms with E-state index in [1.807, 2.05) is 0 Å². The Morgan fingerprint density at radius 3 is 1.15 bits per heavy atom. The van der Waals surface area contributed by atoms with Crippen molar-refractivity contribution < 1.29 is 9.16 Å². The zero-order valence-electron chi connectivity index (χ0n) is 23.5. The van der Waals surface area contributed by atoms with E-state index < -0.39 is 8.32 Å². The van der Waals surface area contributed by atoms with Gasteiger partial charge in [-0.3, -0.25) is 0 Å². The van der Waals surface area contributed by atoms with Gasteiger partial charge in [0.2, 0.25) is 0 Å². The second-order valence-electron chi connectivity index (χ2n) is 10.5. The Balaban J connectivity index is 2.80. The van der Waals surface area contributed by atoms with Crippen molar-refractivity contribution >= 4 is 8.32 Å². The lowest BCUT2D eigenvalue weighted by Crippen LogP contribution is -2.41. The summed E-state index contributed by atoms with van der Waals surface area (Å²) in [5, 5.41) is 0. The summed E-state index contributed by atoms with van der Waals surface area (Å²) in [7, 11) is -0.0696. The monoisotopic (exact) mass is 490 g/mol. The standard InChI is InChI=1S/C31H58O2Si/c1-5-8-11-14-17-20-27-34(28-21-18-15-12-9-6-2,29-22-19-16-13-10-7-3)33-31-25-23-30(32-4)24-26-31/h23-26H,5-22,27-29H2,1-4H3. The molecule has 0 spiro atoms. The Morgan fingerprint density at radius 1 is 0.471 bits per heavy atom. The second kappa shape index (κ2) is 21.3. The van der Waals surface area contributed by atoms with E-state index in [4.69, 9.17) is 9.16 Å². The van der Waals surface area contributed by atoms with Gasteiger partial charge in [0, 0.05) is 0 Å². The van der Waals surface area contributed by atoms with Crippen LogP contribution in [0.5, 0.6) is 11.5 Å². The molecule has 0 heterocycles. The Hall–Kier alpha value is -0.963. The summed E-state index contributed by atoms with van der Waals surface area (Å²) in [6, 6.07) is 12.4. The summed E-state index contributed by atoms with van der Waals surface area (Å²) < 4.78 is 12.5. The molecule has 0 saturated carbocycles. The van der Waals surface area contributed by atoms with Crippen molar-refractivity contribution in [2.24, 2.45) is 0 Å². The van der Waals surface area contributed by atoms with E-state index in [1.54, 1.807) is 7.11 Å². The van der Waals surface area contributed by atoms with Crippen LogP contribution in [0.25, 0.3) is 0 Å². The molecule has 1 aromatic carbocycles. The van der Waals surface area contributed by atoms with Crippen LogP contribution >= 0.6 is 0 Å². The quantitative estimate of drug-likeness (QED) is 0.106. The Labute approximate surface area is 214 Å². The fraction of sp³-hybridized carbons (Fsp3) is 0.806.